The van der Waals surface area contributed by atoms with Crippen molar-refractivity contribution in [3.8, 4) is 11.1 Å². The highest BCUT2D eigenvalue weighted by atomic mass is 14.1. The molecule has 0 fully saturated rings. The van der Waals surface area contributed by atoms with Crippen LogP contribution in [0.2, 0.25) is 0 Å². The van der Waals surface area contributed by atoms with Crippen LogP contribution in [0, 0.1) is 0 Å². The minimum absolute atomic E-state index is 1.27. The number of benzene rings is 6. The van der Waals surface area contributed by atoms with E-state index in [4.69, 9.17) is 0 Å². The Balaban J connectivity index is 0.000000937. The van der Waals surface area contributed by atoms with E-state index < -0.39 is 0 Å². The molecular weight excluding hydrogens is 360 g/mol. The molecule has 30 heavy (non-hydrogen) atoms. The first-order valence-corrected chi connectivity index (χ1v) is 10.7. The van der Waals surface area contributed by atoms with Gasteiger partial charge < -0.3 is 0 Å². The minimum Gasteiger partial charge on any atom is -0.0683 e. The molecular formula is C30H24. The van der Waals surface area contributed by atoms with Gasteiger partial charge in [0.2, 0.25) is 0 Å². The highest BCUT2D eigenvalue weighted by Crippen LogP contribution is 2.35. The fourth-order valence-electron chi connectivity index (χ4n) is 4.39. The predicted molar refractivity (Wildman–Crippen MR) is 133 cm³/mol. The second-order valence-corrected chi connectivity index (χ2v) is 7.45. The van der Waals surface area contributed by atoms with Crippen LogP contribution in [0.1, 0.15) is 13.8 Å². The van der Waals surface area contributed by atoms with Crippen LogP contribution < -0.4 is 0 Å². The second kappa shape index (κ2) is 7.65. The van der Waals surface area contributed by atoms with E-state index in [-0.39, 0.29) is 0 Å². The van der Waals surface area contributed by atoms with E-state index in [1.54, 1.807) is 0 Å². The summed E-state index contributed by atoms with van der Waals surface area (Å²) in [6.45, 7) is 4.00. The van der Waals surface area contributed by atoms with Crippen molar-refractivity contribution in [3.05, 3.63) is 109 Å². The summed E-state index contributed by atoms with van der Waals surface area (Å²) in [6.07, 6.45) is 0. The second-order valence-electron chi connectivity index (χ2n) is 7.45. The molecule has 6 aromatic carbocycles. The van der Waals surface area contributed by atoms with Gasteiger partial charge in [0.25, 0.3) is 0 Å². The topological polar surface area (TPSA) is 0 Å². The summed E-state index contributed by atoms with van der Waals surface area (Å²) in [4.78, 5) is 0. The van der Waals surface area contributed by atoms with E-state index in [2.05, 4.69) is 109 Å². The fraction of sp³-hybridized carbons (Fsp3) is 0.0667. The fourth-order valence-corrected chi connectivity index (χ4v) is 4.39. The molecule has 0 N–H and O–H groups in total. The number of hydrogen-bond donors (Lipinski definition) is 0. The van der Waals surface area contributed by atoms with E-state index in [0.717, 1.165) is 0 Å². The van der Waals surface area contributed by atoms with Crippen molar-refractivity contribution >= 4 is 43.1 Å². The molecule has 0 aliphatic rings. The summed E-state index contributed by atoms with van der Waals surface area (Å²) in [5.74, 6) is 0. The summed E-state index contributed by atoms with van der Waals surface area (Å²) in [7, 11) is 0. The first-order chi connectivity index (χ1) is 14.9. The van der Waals surface area contributed by atoms with Gasteiger partial charge in [-0.15, -0.1) is 0 Å². The quantitative estimate of drug-likeness (QED) is 0.196. The largest absolute Gasteiger partial charge is 0.0683 e. The third-order valence-electron chi connectivity index (χ3n) is 5.80. The van der Waals surface area contributed by atoms with Gasteiger partial charge in [-0.25, -0.2) is 0 Å². The van der Waals surface area contributed by atoms with E-state index in [1.165, 1.54) is 54.2 Å². The molecule has 0 atom stereocenters. The normalized spacial score (nSPS) is 11.0. The van der Waals surface area contributed by atoms with Gasteiger partial charge in [-0.2, -0.15) is 0 Å². The van der Waals surface area contributed by atoms with Crippen molar-refractivity contribution in [3.63, 3.8) is 0 Å². The highest BCUT2D eigenvalue weighted by Gasteiger charge is 2.08. The van der Waals surface area contributed by atoms with Gasteiger partial charge in [0.1, 0.15) is 0 Å². The number of hydrogen-bond acceptors (Lipinski definition) is 0. The lowest BCUT2D eigenvalue weighted by atomic mass is 9.93. The van der Waals surface area contributed by atoms with Crippen LogP contribution in [-0.4, -0.2) is 0 Å². The molecule has 0 heterocycles. The molecule has 0 bridgehead atoms. The molecule has 0 heteroatoms. The molecule has 0 aliphatic heterocycles. The van der Waals surface area contributed by atoms with Gasteiger partial charge in [-0.1, -0.05) is 105 Å². The average Bonchev–Trinajstić information content (AvgIpc) is 2.83. The third kappa shape index (κ3) is 3.02. The summed E-state index contributed by atoms with van der Waals surface area (Å²) in [5.41, 5.74) is 2.56. The Bertz CT molecular complexity index is 1510. The zero-order valence-corrected chi connectivity index (χ0v) is 17.4. The van der Waals surface area contributed by atoms with Crippen LogP contribution in [0.3, 0.4) is 0 Å². The van der Waals surface area contributed by atoms with Crippen LogP contribution >= 0.6 is 0 Å². The Morgan fingerprint density at radius 1 is 0.367 bits per heavy atom. The third-order valence-corrected chi connectivity index (χ3v) is 5.80. The highest BCUT2D eigenvalue weighted by molar-refractivity contribution is 6.14. The Kier molecular flexibility index (Phi) is 4.69. The molecule has 6 rings (SSSR count). The van der Waals surface area contributed by atoms with Crippen LogP contribution in [0.25, 0.3) is 54.2 Å². The summed E-state index contributed by atoms with van der Waals surface area (Å²) in [5, 5.41) is 10.4. The molecule has 0 nitrogen and oxygen atoms in total. The lowest BCUT2D eigenvalue weighted by molar-refractivity contribution is 1.50. The van der Waals surface area contributed by atoms with Crippen molar-refractivity contribution < 1.29 is 0 Å². The maximum absolute atomic E-state index is 2.35. The molecule has 0 aliphatic carbocycles. The van der Waals surface area contributed by atoms with Gasteiger partial charge in [-0.3, -0.25) is 0 Å². The van der Waals surface area contributed by atoms with Crippen LogP contribution in [-0.2, 0) is 0 Å². The first-order valence-electron chi connectivity index (χ1n) is 10.7. The van der Waals surface area contributed by atoms with Crippen LogP contribution in [0.15, 0.2) is 109 Å². The van der Waals surface area contributed by atoms with Crippen molar-refractivity contribution in [2.45, 2.75) is 13.8 Å². The summed E-state index contributed by atoms with van der Waals surface area (Å²) < 4.78 is 0. The Labute approximate surface area is 177 Å². The smallest absolute Gasteiger partial charge is 0.00990 e. The monoisotopic (exact) mass is 384 g/mol. The maximum atomic E-state index is 2.35. The molecule has 0 unspecified atom stereocenters. The van der Waals surface area contributed by atoms with Crippen LogP contribution in [0.4, 0.5) is 0 Å². The standard InChI is InChI=1S/C28H18.C2H6/c1-2-8-21-16-23(14-12-19(21)6-1)26-11-5-9-22-17-28-24(18-27(22)26)15-13-20-7-3-4-10-25(20)28;1-2/h1-18H;1-2H3. The van der Waals surface area contributed by atoms with E-state index in [9.17, 15) is 0 Å². The first kappa shape index (κ1) is 18.4. The minimum atomic E-state index is 1.27. The lowest BCUT2D eigenvalue weighted by Gasteiger charge is -2.11. The van der Waals surface area contributed by atoms with Crippen molar-refractivity contribution in [1.82, 2.24) is 0 Å². The molecule has 144 valence electrons. The van der Waals surface area contributed by atoms with Crippen molar-refractivity contribution in [2.24, 2.45) is 0 Å². The summed E-state index contributed by atoms with van der Waals surface area (Å²) >= 11 is 0. The SMILES string of the molecule is CC.c1ccc2cc(-c3cccc4cc5c(ccc6ccccc65)cc34)ccc2c1. The molecule has 0 spiro atoms. The lowest BCUT2D eigenvalue weighted by Crippen LogP contribution is -1.84. The van der Waals surface area contributed by atoms with Crippen molar-refractivity contribution in [2.75, 3.05) is 0 Å². The van der Waals surface area contributed by atoms with E-state index >= 15 is 0 Å². The van der Waals surface area contributed by atoms with E-state index in [1.807, 2.05) is 13.8 Å². The zero-order chi connectivity index (χ0) is 20.5. The van der Waals surface area contributed by atoms with Crippen LogP contribution in [0.5, 0.6) is 0 Å². The molecule has 0 saturated heterocycles. The van der Waals surface area contributed by atoms with Gasteiger partial charge >= 0.3 is 0 Å². The number of rotatable bonds is 1. The van der Waals surface area contributed by atoms with Gasteiger partial charge in [0, 0.05) is 0 Å². The van der Waals surface area contributed by atoms with Crippen molar-refractivity contribution in [1.29, 1.82) is 0 Å². The maximum Gasteiger partial charge on any atom is -0.00990 e. The molecule has 0 radical (unpaired) electrons. The molecule has 6 aromatic rings. The van der Waals surface area contributed by atoms with Gasteiger partial charge in [-0.05, 0) is 72.4 Å². The zero-order valence-electron chi connectivity index (χ0n) is 17.4. The average molecular weight is 385 g/mol. The Morgan fingerprint density at radius 3 is 1.83 bits per heavy atom. The number of fused-ring (bicyclic) bond motifs is 5. The molecule has 0 saturated carbocycles. The molecule has 0 amide bonds. The Morgan fingerprint density at radius 2 is 0.967 bits per heavy atom. The van der Waals surface area contributed by atoms with Gasteiger partial charge in [0.15, 0.2) is 0 Å². The Hall–Kier alpha value is -3.64. The summed E-state index contributed by atoms with van der Waals surface area (Å²) in [6, 6.07) is 39.7. The van der Waals surface area contributed by atoms with Gasteiger partial charge in [0.05, 0.1) is 0 Å². The predicted octanol–water partition coefficient (Wildman–Crippen LogP) is 8.99. The molecule has 0 aromatic heterocycles. The van der Waals surface area contributed by atoms with E-state index in [0.29, 0.717) is 0 Å².